The SMILES string of the molecule is CN(Cc1ccon1)C(=O)[C@@]12CCCC[C@H]1CNC2. The van der Waals surface area contributed by atoms with Gasteiger partial charge in [0, 0.05) is 19.7 Å². The minimum atomic E-state index is -0.170. The predicted octanol–water partition coefficient (Wildman–Crippen LogP) is 1.41. The van der Waals surface area contributed by atoms with E-state index in [4.69, 9.17) is 4.52 Å². The Balaban J connectivity index is 1.74. The van der Waals surface area contributed by atoms with Crippen LogP contribution in [0.4, 0.5) is 0 Å². The lowest BCUT2D eigenvalue weighted by atomic mass is 9.67. The van der Waals surface area contributed by atoms with Gasteiger partial charge in [-0.05, 0) is 25.3 Å². The standard InChI is InChI=1S/C14H21N3O2/c1-17(9-12-5-7-19-16-12)13(18)14-6-3-2-4-11(14)8-15-10-14/h5,7,11,15H,2-4,6,8-10H2,1H3/t11-,14+/m0/s1. The van der Waals surface area contributed by atoms with Gasteiger partial charge in [0.15, 0.2) is 0 Å². The predicted molar refractivity (Wildman–Crippen MR) is 70.2 cm³/mol. The summed E-state index contributed by atoms with van der Waals surface area (Å²) in [6.45, 7) is 2.35. The Labute approximate surface area is 113 Å². The van der Waals surface area contributed by atoms with Crippen molar-refractivity contribution in [3.63, 3.8) is 0 Å². The number of hydrogen-bond donors (Lipinski definition) is 1. The van der Waals surface area contributed by atoms with Crippen LogP contribution in [0.25, 0.3) is 0 Å². The molecule has 5 heteroatoms. The van der Waals surface area contributed by atoms with Crippen LogP contribution in [0.15, 0.2) is 16.9 Å². The third-order valence-corrected chi connectivity index (χ3v) is 4.70. The highest BCUT2D eigenvalue weighted by Gasteiger charge is 2.50. The summed E-state index contributed by atoms with van der Waals surface area (Å²) in [4.78, 5) is 14.7. The molecule has 1 saturated carbocycles. The second-order valence-electron chi connectivity index (χ2n) is 5.88. The summed E-state index contributed by atoms with van der Waals surface area (Å²) < 4.78 is 4.83. The number of hydrogen-bond acceptors (Lipinski definition) is 4. The minimum Gasteiger partial charge on any atom is -0.364 e. The molecule has 104 valence electrons. The van der Waals surface area contributed by atoms with Gasteiger partial charge in [0.2, 0.25) is 5.91 Å². The Morgan fingerprint density at radius 1 is 1.63 bits per heavy atom. The first kappa shape index (κ1) is 12.7. The van der Waals surface area contributed by atoms with Crippen LogP contribution in [-0.2, 0) is 11.3 Å². The maximum Gasteiger partial charge on any atom is 0.230 e. The topological polar surface area (TPSA) is 58.4 Å². The average molecular weight is 263 g/mol. The van der Waals surface area contributed by atoms with Gasteiger partial charge in [-0.15, -0.1) is 0 Å². The molecule has 0 bridgehead atoms. The Kier molecular flexibility index (Phi) is 3.31. The molecule has 2 atom stereocenters. The lowest BCUT2D eigenvalue weighted by Gasteiger charge is -2.39. The molecular formula is C14H21N3O2. The molecule has 2 fully saturated rings. The van der Waals surface area contributed by atoms with Crippen molar-refractivity contribution < 1.29 is 9.32 Å². The van der Waals surface area contributed by atoms with E-state index in [1.165, 1.54) is 19.3 Å². The van der Waals surface area contributed by atoms with Crippen LogP contribution in [0, 0.1) is 11.3 Å². The first-order chi connectivity index (χ1) is 9.22. The zero-order chi connectivity index (χ0) is 13.3. The molecule has 1 aromatic rings. The number of carbonyl (C=O) groups excluding carboxylic acids is 1. The van der Waals surface area contributed by atoms with Gasteiger partial charge in [0.05, 0.1) is 12.0 Å². The summed E-state index contributed by atoms with van der Waals surface area (Å²) >= 11 is 0. The van der Waals surface area contributed by atoms with Crippen molar-refractivity contribution in [2.24, 2.45) is 11.3 Å². The summed E-state index contributed by atoms with van der Waals surface area (Å²) in [6.07, 6.45) is 6.17. The van der Waals surface area contributed by atoms with E-state index < -0.39 is 0 Å². The van der Waals surface area contributed by atoms with Gasteiger partial charge in [-0.2, -0.15) is 0 Å². The molecular weight excluding hydrogens is 242 g/mol. The van der Waals surface area contributed by atoms with Gasteiger partial charge in [0.1, 0.15) is 12.0 Å². The third kappa shape index (κ3) is 2.16. The number of aromatic nitrogens is 1. The fraction of sp³-hybridized carbons (Fsp3) is 0.714. The molecule has 3 rings (SSSR count). The number of nitrogens with zero attached hydrogens (tertiary/aromatic N) is 2. The van der Waals surface area contributed by atoms with E-state index in [2.05, 4.69) is 10.5 Å². The van der Waals surface area contributed by atoms with Gasteiger partial charge in [-0.3, -0.25) is 4.79 Å². The highest BCUT2D eigenvalue weighted by Crippen LogP contribution is 2.45. The number of nitrogens with one attached hydrogen (secondary N) is 1. The van der Waals surface area contributed by atoms with Crippen molar-refractivity contribution in [1.82, 2.24) is 15.4 Å². The van der Waals surface area contributed by atoms with Gasteiger partial charge in [-0.1, -0.05) is 18.0 Å². The maximum absolute atomic E-state index is 12.9. The molecule has 0 unspecified atom stereocenters. The van der Waals surface area contributed by atoms with Crippen molar-refractivity contribution in [3.8, 4) is 0 Å². The van der Waals surface area contributed by atoms with Crippen molar-refractivity contribution >= 4 is 5.91 Å². The van der Waals surface area contributed by atoms with Crippen LogP contribution in [0.1, 0.15) is 31.4 Å². The molecule has 2 heterocycles. The first-order valence-electron chi connectivity index (χ1n) is 7.08. The van der Waals surface area contributed by atoms with Crippen LogP contribution >= 0.6 is 0 Å². The second-order valence-corrected chi connectivity index (χ2v) is 5.88. The van der Waals surface area contributed by atoms with Crippen LogP contribution < -0.4 is 5.32 Å². The molecule has 1 N–H and O–H groups in total. The Bertz CT molecular complexity index is 446. The van der Waals surface area contributed by atoms with Crippen molar-refractivity contribution in [2.45, 2.75) is 32.2 Å². The smallest absolute Gasteiger partial charge is 0.230 e. The summed E-state index contributed by atoms with van der Waals surface area (Å²) in [7, 11) is 1.87. The average Bonchev–Trinajstić information content (AvgIpc) is 3.06. The summed E-state index contributed by atoms with van der Waals surface area (Å²) in [5.41, 5.74) is 0.641. The van der Waals surface area contributed by atoms with Crippen LogP contribution in [0.5, 0.6) is 0 Å². The van der Waals surface area contributed by atoms with Crippen LogP contribution in [0.2, 0.25) is 0 Å². The summed E-state index contributed by atoms with van der Waals surface area (Å²) in [5, 5.41) is 7.30. The highest BCUT2D eigenvalue weighted by molar-refractivity contribution is 5.83. The summed E-state index contributed by atoms with van der Waals surface area (Å²) in [5.74, 6) is 0.777. The molecule has 1 aromatic heterocycles. The summed E-state index contributed by atoms with van der Waals surface area (Å²) in [6, 6.07) is 1.81. The fourth-order valence-corrected chi connectivity index (χ4v) is 3.68. The van der Waals surface area contributed by atoms with Crippen LogP contribution in [0.3, 0.4) is 0 Å². The van der Waals surface area contributed by atoms with Crippen molar-refractivity contribution in [1.29, 1.82) is 0 Å². The van der Waals surface area contributed by atoms with E-state index in [0.29, 0.717) is 12.5 Å². The quantitative estimate of drug-likeness (QED) is 0.896. The van der Waals surface area contributed by atoms with E-state index in [0.717, 1.165) is 25.2 Å². The minimum absolute atomic E-state index is 0.170. The molecule has 2 aliphatic rings. The molecule has 1 aliphatic carbocycles. The Hall–Kier alpha value is -1.36. The van der Waals surface area contributed by atoms with E-state index >= 15 is 0 Å². The Morgan fingerprint density at radius 2 is 2.53 bits per heavy atom. The molecule has 0 radical (unpaired) electrons. The van der Waals surface area contributed by atoms with Crippen molar-refractivity contribution in [3.05, 3.63) is 18.0 Å². The second kappa shape index (κ2) is 4.96. The molecule has 1 amide bonds. The third-order valence-electron chi connectivity index (χ3n) is 4.70. The molecule has 19 heavy (non-hydrogen) atoms. The molecule has 5 nitrogen and oxygen atoms in total. The monoisotopic (exact) mass is 263 g/mol. The Morgan fingerprint density at radius 3 is 3.32 bits per heavy atom. The lowest BCUT2D eigenvalue weighted by Crippen LogP contribution is -2.48. The highest BCUT2D eigenvalue weighted by atomic mass is 16.5. The van der Waals surface area contributed by atoms with Crippen LogP contribution in [-0.4, -0.2) is 36.1 Å². The van der Waals surface area contributed by atoms with E-state index in [-0.39, 0.29) is 11.3 Å². The van der Waals surface area contributed by atoms with Gasteiger partial charge >= 0.3 is 0 Å². The van der Waals surface area contributed by atoms with E-state index in [1.807, 2.05) is 18.0 Å². The largest absolute Gasteiger partial charge is 0.364 e. The molecule has 0 aromatic carbocycles. The van der Waals surface area contributed by atoms with Gasteiger partial charge < -0.3 is 14.7 Å². The maximum atomic E-state index is 12.9. The number of amides is 1. The van der Waals surface area contributed by atoms with Crippen molar-refractivity contribution in [2.75, 3.05) is 20.1 Å². The zero-order valence-electron chi connectivity index (χ0n) is 11.4. The fourth-order valence-electron chi connectivity index (χ4n) is 3.68. The number of fused-ring (bicyclic) bond motifs is 1. The number of carbonyl (C=O) groups is 1. The van der Waals surface area contributed by atoms with E-state index in [1.54, 1.807) is 6.26 Å². The molecule has 1 saturated heterocycles. The zero-order valence-corrected chi connectivity index (χ0v) is 11.4. The number of rotatable bonds is 3. The molecule has 0 spiro atoms. The first-order valence-corrected chi connectivity index (χ1v) is 7.08. The van der Waals surface area contributed by atoms with Gasteiger partial charge in [-0.25, -0.2) is 0 Å². The lowest BCUT2D eigenvalue weighted by molar-refractivity contribution is -0.144. The van der Waals surface area contributed by atoms with Gasteiger partial charge in [0.25, 0.3) is 0 Å². The normalized spacial score (nSPS) is 30.1. The van der Waals surface area contributed by atoms with E-state index in [9.17, 15) is 4.79 Å². The molecule has 1 aliphatic heterocycles.